The molecule has 0 aliphatic heterocycles. The fraction of sp³-hybridized carbons (Fsp3) is 0.120. The number of benzene rings is 3. The van der Waals surface area contributed by atoms with Crippen LogP contribution in [0.4, 0.5) is 5.69 Å². The highest BCUT2D eigenvalue weighted by Gasteiger charge is 2.11. The van der Waals surface area contributed by atoms with Crippen LogP contribution < -0.4 is 20.2 Å². The van der Waals surface area contributed by atoms with Gasteiger partial charge in [-0.15, -0.1) is 0 Å². The molecule has 0 bridgehead atoms. The number of fused-ring (bicyclic) bond motifs is 1. The molecule has 0 saturated carbocycles. The molecule has 0 atom stereocenters. The second-order valence-electron chi connectivity index (χ2n) is 6.83. The van der Waals surface area contributed by atoms with E-state index in [1.807, 2.05) is 31.2 Å². The number of carbonyl (C=O) groups excluding carboxylic acids is 1. The van der Waals surface area contributed by atoms with Crippen LogP contribution in [0.2, 0.25) is 0 Å². The average molecular weight is 415 g/mol. The Morgan fingerprint density at radius 3 is 2.32 bits per heavy atom. The lowest BCUT2D eigenvalue weighted by Gasteiger charge is -2.08. The van der Waals surface area contributed by atoms with Crippen LogP contribution >= 0.6 is 0 Å². The fourth-order valence-electron chi connectivity index (χ4n) is 3.20. The van der Waals surface area contributed by atoms with Crippen LogP contribution in [-0.2, 0) is 0 Å². The van der Waals surface area contributed by atoms with Gasteiger partial charge in [0.25, 0.3) is 5.91 Å². The topological polar surface area (TPSA) is 77.8 Å². The molecular formula is C25H21NO5. The Balaban J connectivity index is 1.62. The summed E-state index contributed by atoms with van der Waals surface area (Å²) in [5.41, 5.74) is 2.02. The monoisotopic (exact) mass is 415 g/mol. The average Bonchev–Trinajstić information content (AvgIpc) is 2.79. The quantitative estimate of drug-likeness (QED) is 0.473. The van der Waals surface area contributed by atoms with E-state index in [1.54, 1.807) is 49.6 Å². The maximum atomic E-state index is 12.6. The van der Waals surface area contributed by atoms with Crippen molar-refractivity contribution < 1.29 is 18.7 Å². The Kier molecular flexibility index (Phi) is 5.71. The smallest absolute Gasteiger partial charge is 0.255 e. The van der Waals surface area contributed by atoms with Gasteiger partial charge in [-0.1, -0.05) is 0 Å². The fourth-order valence-corrected chi connectivity index (χ4v) is 3.20. The summed E-state index contributed by atoms with van der Waals surface area (Å²) in [6, 6.07) is 20.6. The van der Waals surface area contributed by atoms with Gasteiger partial charge in [-0.2, -0.15) is 0 Å². The number of rotatable bonds is 6. The van der Waals surface area contributed by atoms with Crippen molar-refractivity contribution in [3.05, 3.63) is 88.6 Å². The van der Waals surface area contributed by atoms with E-state index in [-0.39, 0.29) is 11.3 Å². The summed E-state index contributed by atoms with van der Waals surface area (Å²) < 4.78 is 16.5. The van der Waals surface area contributed by atoms with Crippen molar-refractivity contribution in [1.82, 2.24) is 0 Å². The van der Waals surface area contributed by atoms with Crippen LogP contribution in [0.25, 0.3) is 22.3 Å². The summed E-state index contributed by atoms with van der Waals surface area (Å²) in [7, 11) is 1.57. The number of nitrogens with one attached hydrogen (secondary N) is 1. The van der Waals surface area contributed by atoms with Crippen LogP contribution in [-0.4, -0.2) is 19.6 Å². The van der Waals surface area contributed by atoms with Gasteiger partial charge in [0.1, 0.15) is 22.8 Å². The summed E-state index contributed by atoms with van der Waals surface area (Å²) in [4.78, 5) is 25.1. The van der Waals surface area contributed by atoms with Gasteiger partial charge in [0.15, 0.2) is 5.43 Å². The Bertz CT molecular complexity index is 1270. The molecule has 4 aromatic rings. The van der Waals surface area contributed by atoms with Gasteiger partial charge in [-0.3, -0.25) is 9.59 Å². The van der Waals surface area contributed by atoms with Gasteiger partial charge in [0.05, 0.1) is 19.1 Å². The van der Waals surface area contributed by atoms with E-state index in [0.29, 0.717) is 40.3 Å². The lowest BCUT2D eigenvalue weighted by molar-refractivity contribution is 0.102. The Hall–Kier alpha value is -4.06. The zero-order chi connectivity index (χ0) is 21.8. The van der Waals surface area contributed by atoms with Gasteiger partial charge < -0.3 is 19.2 Å². The van der Waals surface area contributed by atoms with Crippen LogP contribution in [0, 0.1) is 0 Å². The van der Waals surface area contributed by atoms with Crippen LogP contribution in [0.3, 0.4) is 0 Å². The van der Waals surface area contributed by atoms with E-state index in [9.17, 15) is 9.59 Å². The maximum Gasteiger partial charge on any atom is 0.255 e. The molecule has 4 rings (SSSR count). The first-order chi connectivity index (χ1) is 15.1. The normalized spacial score (nSPS) is 10.6. The van der Waals surface area contributed by atoms with Crippen LogP contribution in [0.15, 0.2) is 82.0 Å². The first-order valence-corrected chi connectivity index (χ1v) is 9.84. The second-order valence-corrected chi connectivity index (χ2v) is 6.83. The van der Waals surface area contributed by atoms with E-state index in [1.165, 1.54) is 6.07 Å². The van der Waals surface area contributed by atoms with Gasteiger partial charge in [-0.05, 0) is 67.6 Å². The minimum absolute atomic E-state index is 0.154. The third kappa shape index (κ3) is 4.43. The molecule has 6 heteroatoms. The Morgan fingerprint density at radius 2 is 1.65 bits per heavy atom. The first kappa shape index (κ1) is 20.2. The zero-order valence-corrected chi connectivity index (χ0v) is 17.2. The first-order valence-electron chi connectivity index (χ1n) is 9.84. The number of amides is 1. The molecule has 3 aromatic carbocycles. The number of methoxy groups -OCH3 is 1. The molecule has 0 aliphatic rings. The third-order valence-electron chi connectivity index (χ3n) is 4.79. The van der Waals surface area contributed by atoms with Crippen molar-refractivity contribution in [1.29, 1.82) is 0 Å². The van der Waals surface area contributed by atoms with E-state index in [4.69, 9.17) is 13.9 Å². The van der Waals surface area contributed by atoms with Crippen molar-refractivity contribution in [2.75, 3.05) is 19.0 Å². The molecule has 1 aromatic heterocycles. The van der Waals surface area contributed by atoms with Crippen molar-refractivity contribution in [2.45, 2.75) is 6.92 Å². The molecule has 31 heavy (non-hydrogen) atoms. The largest absolute Gasteiger partial charge is 0.497 e. The van der Waals surface area contributed by atoms with Gasteiger partial charge >= 0.3 is 0 Å². The highest BCUT2D eigenvalue weighted by Crippen LogP contribution is 2.26. The predicted octanol–water partition coefficient (Wildman–Crippen LogP) is 5.12. The van der Waals surface area contributed by atoms with E-state index in [2.05, 4.69) is 5.32 Å². The van der Waals surface area contributed by atoms with Gasteiger partial charge in [0, 0.05) is 28.9 Å². The van der Waals surface area contributed by atoms with Gasteiger partial charge in [0.2, 0.25) is 0 Å². The summed E-state index contributed by atoms with van der Waals surface area (Å²) in [5.74, 6) is 1.59. The van der Waals surface area contributed by atoms with E-state index in [0.717, 1.165) is 11.3 Å². The van der Waals surface area contributed by atoms with Crippen molar-refractivity contribution in [2.24, 2.45) is 0 Å². The molecular weight excluding hydrogens is 394 g/mol. The zero-order valence-electron chi connectivity index (χ0n) is 17.2. The number of hydrogen-bond acceptors (Lipinski definition) is 5. The maximum absolute atomic E-state index is 12.6. The standard InChI is InChI=1S/C25H21NO5/c1-3-30-20-11-4-16(5-12-20)23-15-22(27)21-13-8-18(14-24(21)31-23)26-25(28)17-6-9-19(29-2)10-7-17/h4-15H,3H2,1-2H3,(H,26,28). The van der Waals surface area contributed by atoms with Crippen LogP contribution in [0.5, 0.6) is 11.5 Å². The highest BCUT2D eigenvalue weighted by atomic mass is 16.5. The molecule has 0 fully saturated rings. The summed E-state index contributed by atoms with van der Waals surface area (Å²) in [6.45, 7) is 2.50. The lowest BCUT2D eigenvalue weighted by atomic mass is 10.1. The minimum atomic E-state index is -0.271. The van der Waals surface area contributed by atoms with Crippen molar-refractivity contribution in [3.63, 3.8) is 0 Å². The predicted molar refractivity (Wildman–Crippen MR) is 120 cm³/mol. The number of anilines is 1. The minimum Gasteiger partial charge on any atom is -0.497 e. The van der Waals surface area contributed by atoms with Crippen molar-refractivity contribution in [3.8, 4) is 22.8 Å². The molecule has 0 saturated heterocycles. The molecule has 1 N–H and O–H groups in total. The number of hydrogen-bond donors (Lipinski definition) is 1. The van der Waals surface area contributed by atoms with E-state index < -0.39 is 0 Å². The lowest BCUT2D eigenvalue weighted by Crippen LogP contribution is -2.12. The molecule has 6 nitrogen and oxygen atoms in total. The van der Waals surface area contributed by atoms with Crippen molar-refractivity contribution >= 4 is 22.6 Å². The molecule has 156 valence electrons. The molecule has 0 unspecified atom stereocenters. The second kappa shape index (κ2) is 8.75. The van der Waals surface area contributed by atoms with Gasteiger partial charge in [-0.25, -0.2) is 0 Å². The SMILES string of the molecule is CCOc1ccc(-c2cc(=O)c3ccc(NC(=O)c4ccc(OC)cc4)cc3o2)cc1. The third-order valence-corrected chi connectivity index (χ3v) is 4.79. The summed E-state index contributed by atoms with van der Waals surface area (Å²) in [6.07, 6.45) is 0. The number of ether oxygens (including phenoxy) is 2. The highest BCUT2D eigenvalue weighted by molar-refractivity contribution is 6.05. The molecule has 0 radical (unpaired) electrons. The molecule has 1 heterocycles. The number of carbonyl (C=O) groups is 1. The molecule has 0 aliphatic carbocycles. The van der Waals surface area contributed by atoms with E-state index >= 15 is 0 Å². The Morgan fingerprint density at radius 1 is 0.935 bits per heavy atom. The molecule has 1 amide bonds. The molecule has 0 spiro atoms. The Labute approximate surface area is 179 Å². The summed E-state index contributed by atoms with van der Waals surface area (Å²) >= 11 is 0. The van der Waals surface area contributed by atoms with Crippen LogP contribution in [0.1, 0.15) is 17.3 Å². The summed E-state index contributed by atoms with van der Waals surface area (Å²) in [5, 5.41) is 3.27.